The zero-order valence-corrected chi connectivity index (χ0v) is 16.4. The van der Waals surface area contributed by atoms with Crippen molar-refractivity contribution in [1.82, 2.24) is 4.90 Å². The minimum atomic E-state index is -0.799. The topological polar surface area (TPSA) is 72.9 Å². The van der Waals surface area contributed by atoms with Crippen LogP contribution in [0.25, 0.3) is 0 Å². The summed E-state index contributed by atoms with van der Waals surface area (Å²) in [6, 6.07) is 13.2. The lowest BCUT2D eigenvalue weighted by molar-refractivity contribution is -0.143. The fourth-order valence-corrected chi connectivity index (χ4v) is 3.44. The molecular formula is C20H18BrNO5. The van der Waals surface area contributed by atoms with Crippen LogP contribution in [-0.2, 0) is 14.3 Å². The van der Waals surface area contributed by atoms with Crippen molar-refractivity contribution in [2.45, 2.75) is 19.1 Å². The molecule has 0 fully saturated rings. The molecule has 0 saturated carbocycles. The lowest BCUT2D eigenvalue weighted by Crippen LogP contribution is -2.47. The van der Waals surface area contributed by atoms with E-state index in [1.807, 2.05) is 24.3 Å². The largest absolute Gasteiger partial charge is 0.464 e. The van der Waals surface area contributed by atoms with Crippen LogP contribution in [-0.4, -0.2) is 42.4 Å². The van der Waals surface area contributed by atoms with Gasteiger partial charge in [0.2, 0.25) is 0 Å². The molecule has 2 aromatic carbocycles. The van der Waals surface area contributed by atoms with Crippen molar-refractivity contribution in [3.8, 4) is 0 Å². The van der Waals surface area contributed by atoms with Gasteiger partial charge in [0.05, 0.1) is 11.1 Å². The number of halogens is 1. The maximum Gasteiger partial charge on any atom is 0.302 e. The Morgan fingerprint density at radius 3 is 2.07 bits per heavy atom. The van der Waals surface area contributed by atoms with Gasteiger partial charge in [-0.15, -0.1) is 0 Å². The number of amides is 2. The van der Waals surface area contributed by atoms with Crippen LogP contribution in [0.3, 0.4) is 0 Å². The van der Waals surface area contributed by atoms with Crippen LogP contribution in [0.2, 0.25) is 0 Å². The second-order valence-corrected chi connectivity index (χ2v) is 7.02. The zero-order chi connectivity index (χ0) is 19.6. The fraction of sp³-hybridized carbons (Fsp3) is 0.250. The highest BCUT2D eigenvalue weighted by Crippen LogP contribution is 2.32. The molecule has 2 atom stereocenters. The van der Waals surface area contributed by atoms with Crippen molar-refractivity contribution < 1.29 is 23.9 Å². The number of rotatable bonds is 6. The Kier molecular flexibility index (Phi) is 5.72. The highest BCUT2D eigenvalue weighted by Gasteiger charge is 2.43. The summed E-state index contributed by atoms with van der Waals surface area (Å²) in [7, 11) is 1.49. The molecule has 0 unspecified atom stereocenters. The van der Waals surface area contributed by atoms with Gasteiger partial charge in [0, 0.05) is 18.5 Å². The van der Waals surface area contributed by atoms with Gasteiger partial charge < -0.3 is 9.47 Å². The monoisotopic (exact) mass is 431 g/mol. The number of ether oxygens (including phenoxy) is 2. The first-order chi connectivity index (χ1) is 12.9. The van der Waals surface area contributed by atoms with E-state index in [0.717, 1.165) is 14.9 Å². The van der Waals surface area contributed by atoms with E-state index < -0.39 is 29.9 Å². The number of hydrogen-bond donors (Lipinski definition) is 0. The molecule has 140 valence electrons. The quantitative estimate of drug-likeness (QED) is 0.517. The third kappa shape index (κ3) is 3.79. The van der Waals surface area contributed by atoms with Crippen molar-refractivity contribution in [1.29, 1.82) is 0 Å². The van der Waals surface area contributed by atoms with E-state index >= 15 is 0 Å². The summed E-state index contributed by atoms with van der Waals surface area (Å²) in [6.07, 6.45) is -0.653. The molecule has 0 aromatic heterocycles. The molecule has 1 aliphatic heterocycles. The number of esters is 1. The van der Waals surface area contributed by atoms with Crippen molar-refractivity contribution in [2.75, 3.05) is 13.7 Å². The highest BCUT2D eigenvalue weighted by atomic mass is 79.9. The predicted octanol–water partition coefficient (Wildman–Crippen LogP) is 3.36. The maximum atomic E-state index is 12.9. The van der Waals surface area contributed by atoms with Crippen LogP contribution in [0.5, 0.6) is 0 Å². The van der Waals surface area contributed by atoms with E-state index in [9.17, 15) is 14.4 Å². The third-order valence-electron chi connectivity index (χ3n) is 4.42. The average molecular weight is 432 g/mol. The van der Waals surface area contributed by atoms with Crippen LogP contribution in [0.15, 0.2) is 53.0 Å². The Labute approximate surface area is 165 Å². The van der Waals surface area contributed by atoms with Crippen LogP contribution in [0.1, 0.15) is 39.3 Å². The zero-order valence-electron chi connectivity index (χ0n) is 14.8. The second kappa shape index (κ2) is 8.02. The van der Waals surface area contributed by atoms with Gasteiger partial charge >= 0.3 is 5.97 Å². The summed E-state index contributed by atoms with van der Waals surface area (Å²) in [6.45, 7) is 1.12. The standard InChI is InChI=1S/C20H18BrNO5/c1-12(23)27-11-17(18(26-2)13-7-9-14(21)10-8-13)22-19(24)15-5-3-4-6-16(15)20(22)25/h3-10,17-18H,11H2,1-2H3/t17-,18-/m0/s1. The van der Waals surface area contributed by atoms with Gasteiger partial charge in [0.1, 0.15) is 18.8 Å². The number of carbonyl (C=O) groups is 3. The number of benzene rings is 2. The van der Waals surface area contributed by atoms with Crippen molar-refractivity contribution >= 4 is 33.7 Å². The summed E-state index contributed by atoms with van der Waals surface area (Å²) in [5.74, 6) is -1.35. The minimum absolute atomic E-state index is 0.157. The van der Waals surface area contributed by atoms with Gasteiger partial charge in [-0.1, -0.05) is 40.2 Å². The Morgan fingerprint density at radius 2 is 1.59 bits per heavy atom. The van der Waals surface area contributed by atoms with Crippen LogP contribution >= 0.6 is 15.9 Å². The maximum absolute atomic E-state index is 12.9. The number of hydrogen-bond acceptors (Lipinski definition) is 5. The Hall–Kier alpha value is -2.51. The molecule has 6 nitrogen and oxygen atoms in total. The van der Waals surface area contributed by atoms with E-state index in [1.54, 1.807) is 24.3 Å². The second-order valence-electron chi connectivity index (χ2n) is 6.10. The lowest BCUT2D eigenvalue weighted by Gasteiger charge is -2.32. The first-order valence-corrected chi connectivity index (χ1v) is 9.12. The van der Waals surface area contributed by atoms with E-state index in [1.165, 1.54) is 14.0 Å². The molecule has 7 heteroatoms. The van der Waals surface area contributed by atoms with Gasteiger partial charge in [-0.05, 0) is 29.8 Å². The molecule has 0 N–H and O–H groups in total. The molecule has 2 amide bonds. The Bertz CT molecular complexity index is 845. The van der Waals surface area contributed by atoms with Crippen molar-refractivity contribution in [3.05, 3.63) is 69.7 Å². The number of nitrogens with zero attached hydrogens (tertiary/aromatic N) is 1. The molecule has 0 aliphatic carbocycles. The number of methoxy groups -OCH3 is 1. The van der Waals surface area contributed by atoms with Crippen molar-refractivity contribution in [2.24, 2.45) is 0 Å². The Morgan fingerprint density at radius 1 is 1.04 bits per heavy atom. The minimum Gasteiger partial charge on any atom is -0.464 e. The average Bonchev–Trinajstić information content (AvgIpc) is 2.91. The van der Waals surface area contributed by atoms with Gasteiger partial charge in [-0.2, -0.15) is 0 Å². The third-order valence-corrected chi connectivity index (χ3v) is 4.95. The van der Waals surface area contributed by atoms with Crippen molar-refractivity contribution in [3.63, 3.8) is 0 Å². The Balaban J connectivity index is 2.00. The molecule has 0 bridgehead atoms. The molecule has 0 saturated heterocycles. The van der Waals surface area contributed by atoms with Gasteiger partial charge in [0.25, 0.3) is 11.8 Å². The van der Waals surface area contributed by atoms with Gasteiger partial charge in [0.15, 0.2) is 0 Å². The molecule has 27 heavy (non-hydrogen) atoms. The van der Waals surface area contributed by atoms with Gasteiger partial charge in [-0.25, -0.2) is 0 Å². The van der Waals surface area contributed by atoms with Crippen LogP contribution < -0.4 is 0 Å². The summed E-state index contributed by atoms with van der Waals surface area (Å²) in [4.78, 5) is 38.3. The number of carbonyl (C=O) groups excluding carboxylic acids is 3. The highest BCUT2D eigenvalue weighted by molar-refractivity contribution is 9.10. The molecule has 0 spiro atoms. The van der Waals surface area contributed by atoms with Crippen LogP contribution in [0, 0.1) is 0 Å². The first-order valence-electron chi connectivity index (χ1n) is 8.32. The molecule has 1 aliphatic rings. The van der Waals surface area contributed by atoms with E-state index in [-0.39, 0.29) is 6.61 Å². The molecule has 0 radical (unpaired) electrons. The molecule has 3 rings (SSSR count). The smallest absolute Gasteiger partial charge is 0.302 e. The molecule has 1 heterocycles. The van der Waals surface area contributed by atoms with E-state index in [4.69, 9.17) is 9.47 Å². The SMILES string of the molecule is CO[C@@H](c1ccc(Br)cc1)[C@H](COC(C)=O)N1C(=O)c2ccccc2C1=O. The summed E-state index contributed by atoms with van der Waals surface area (Å²) < 4.78 is 11.7. The van der Waals surface area contributed by atoms with Gasteiger partial charge in [-0.3, -0.25) is 19.3 Å². The lowest BCUT2D eigenvalue weighted by atomic mass is 10.0. The molecular weight excluding hydrogens is 414 g/mol. The molecule has 2 aromatic rings. The summed E-state index contributed by atoms with van der Waals surface area (Å²) >= 11 is 3.38. The number of fused-ring (bicyclic) bond motifs is 1. The van der Waals surface area contributed by atoms with Crippen LogP contribution in [0.4, 0.5) is 0 Å². The fourth-order valence-electron chi connectivity index (χ4n) is 3.18. The number of imide groups is 1. The predicted molar refractivity (Wildman–Crippen MR) is 101 cm³/mol. The summed E-state index contributed by atoms with van der Waals surface area (Å²) in [5.41, 5.74) is 1.43. The summed E-state index contributed by atoms with van der Waals surface area (Å²) in [5, 5.41) is 0. The van der Waals surface area contributed by atoms with E-state index in [2.05, 4.69) is 15.9 Å². The normalized spacial score (nSPS) is 15.4. The first kappa shape index (κ1) is 19.3. The van der Waals surface area contributed by atoms with E-state index in [0.29, 0.717) is 11.1 Å².